The Labute approximate surface area is 113 Å². The molecule has 2 heterocycles. The zero-order valence-corrected chi connectivity index (χ0v) is 11.9. The molecule has 0 aromatic carbocycles. The molecule has 0 spiro atoms. The number of aromatic nitrogens is 2. The highest BCUT2D eigenvalue weighted by Crippen LogP contribution is 2.26. The minimum atomic E-state index is -0.320. The van der Waals surface area contributed by atoms with Gasteiger partial charge in [-0.3, -0.25) is 4.90 Å². The van der Waals surface area contributed by atoms with Crippen molar-refractivity contribution in [2.45, 2.75) is 33.3 Å². The third-order valence-corrected chi connectivity index (χ3v) is 3.17. The Morgan fingerprint density at radius 2 is 2.00 bits per heavy atom. The highest BCUT2D eigenvalue weighted by Gasteiger charge is 2.34. The molecule has 1 unspecified atom stereocenters. The summed E-state index contributed by atoms with van der Waals surface area (Å²) in [6.07, 6.45) is 0.343. The number of hydrogen-bond donors (Lipinski definition) is 1. The molecule has 0 saturated carbocycles. The number of ether oxygens (including phenoxy) is 1. The standard InChI is InChI=1S/C13H20N4O2/c1-5-11-15-8(2)12(9(3)16-11)17-7-10(6-14-4)19-13(17)18/h10,14H,5-7H2,1-4H3. The maximum atomic E-state index is 11.9. The van der Waals surface area contributed by atoms with Crippen LogP contribution in [0.25, 0.3) is 0 Å². The van der Waals surface area contributed by atoms with Gasteiger partial charge in [0.05, 0.1) is 23.6 Å². The van der Waals surface area contributed by atoms with Crippen LogP contribution in [0.4, 0.5) is 10.5 Å². The predicted molar refractivity (Wildman–Crippen MR) is 72.4 cm³/mol. The van der Waals surface area contributed by atoms with Crippen LogP contribution in [-0.4, -0.2) is 42.3 Å². The van der Waals surface area contributed by atoms with Crippen LogP contribution in [0.15, 0.2) is 0 Å². The molecule has 1 aliphatic rings. The van der Waals surface area contributed by atoms with Crippen LogP contribution < -0.4 is 10.2 Å². The van der Waals surface area contributed by atoms with E-state index in [1.807, 2.05) is 27.8 Å². The number of carbonyl (C=O) groups is 1. The van der Waals surface area contributed by atoms with Gasteiger partial charge in [-0.2, -0.15) is 0 Å². The number of nitrogens with one attached hydrogen (secondary N) is 1. The SMILES string of the molecule is CCc1nc(C)c(N2CC(CNC)OC2=O)c(C)n1. The summed E-state index contributed by atoms with van der Waals surface area (Å²) in [6, 6.07) is 0. The Bertz CT molecular complexity index is 467. The smallest absolute Gasteiger partial charge is 0.414 e. The third-order valence-electron chi connectivity index (χ3n) is 3.17. The largest absolute Gasteiger partial charge is 0.443 e. The van der Waals surface area contributed by atoms with Crippen molar-refractivity contribution < 1.29 is 9.53 Å². The Morgan fingerprint density at radius 1 is 1.37 bits per heavy atom. The lowest BCUT2D eigenvalue weighted by atomic mass is 10.2. The Kier molecular flexibility index (Phi) is 3.99. The van der Waals surface area contributed by atoms with Crippen molar-refractivity contribution in [3.63, 3.8) is 0 Å². The summed E-state index contributed by atoms with van der Waals surface area (Å²) in [5.41, 5.74) is 2.43. The summed E-state index contributed by atoms with van der Waals surface area (Å²) in [5, 5.41) is 3.01. The van der Waals surface area contributed by atoms with Gasteiger partial charge in [0.15, 0.2) is 0 Å². The highest BCUT2D eigenvalue weighted by atomic mass is 16.6. The van der Waals surface area contributed by atoms with E-state index in [1.165, 1.54) is 0 Å². The van der Waals surface area contributed by atoms with E-state index in [4.69, 9.17) is 4.74 Å². The molecule has 2 rings (SSSR count). The average molecular weight is 264 g/mol. The molecule has 19 heavy (non-hydrogen) atoms. The van der Waals surface area contributed by atoms with Crippen molar-refractivity contribution >= 4 is 11.8 Å². The lowest BCUT2D eigenvalue weighted by Gasteiger charge is -2.18. The normalized spacial score (nSPS) is 18.8. The molecule has 0 bridgehead atoms. The maximum Gasteiger partial charge on any atom is 0.414 e. The van der Waals surface area contributed by atoms with Crippen molar-refractivity contribution in [3.05, 3.63) is 17.2 Å². The number of cyclic esters (lactones) is 1. The molecule has 1 aliphatic heterocycles. The molecular weight excluding hydrogens is 244 g/mol. The van der Waals surface area contributed by atoms with E-state index in [0.717, 1.165) is 29.3 Å². The van der Waals surface area contributed by atoms with Gasteiger partial charge in [0.2, 0.25) is 0 Å². The second-order valence-electron chi connectivity index (χ2n) is 4.69. The first kappa shape index (κ1) is 13.7. The molecule has 6 nitrogen and oxygen atoms in total. The van der Waals surface area contributed by atoms with Gasteiger partial charge in [-0.25, -0.2) is 14.8 Å². The minimum Gasteiger partial charge on any atom is -0.443 e. The van der Waals surface area contributed by atoms with Gasteiger partial charge in [-0.05, 0) is 20.9 Å². The van der Waals surface area contributed by atoms with Crippen molar-refractivity contribution in [1.82, 2.24) is 15.3 Å². The van der Waals surface area contributed by atoms with E-state index in [0.29, 0.717) is 13.1 Å². The number of hydrogen-bond acceptors (Lipinski definition) is 5. The summed E-state index contributed by atoms with van der Waals surface area (Å²) >= 11 is 0. The second kappa shape index (κ2) is 5.52. The number of nitrogens with zero attached hydrogens (tertiary/aromatic N) is 3. The van der Waals surface area contributed by atoms with Gasteiger partial charge in [-0.1, -0.05) is 6.92 Å². The monoisotopic (exact) mass is 264 g/mol. The van der Waals surface area contributed by atoms with Crippen molar-refractivity contribution in [1.29, 1.82) is 0 Å². The van der Waals surface area contributed by atoms with Crippen molar-refractivity contribution in [3.8, 4) is 0 Å². The Morgan fingerprint density at radius 3 is 2.53 bits per heavy atom. The third kappa shape index (κ3) is 2.68. The number of rotatable bonds is 4. The summed E-state index contributed by atoms with van der Waals surface area (Å²) in [5.74, 6) is 0.804. The second-order valence-corrected chi connectivity index (χ2v) is 4.69. The van der Waals surface area contributed by atoms with E-state index in [-0.39, 0.29) is 12.2 Å². The van der Waals surface area contributed by atoms with Crippen molar-refractivity contribution in [2.75, 3.05) is 25.0 Å². The van der Waals surface area contributed by atoms with E-state index in [1.54, 1.807) is 4.90 Å². The van der Waals surface area contributed by atoms with E-state index in [9.17, 15) is 4.79 Å². The molecule has 1 aromatic rings. The first-order chi connectivity index (χ1) is 9.06. The maximum absolute atomic E-state index is 11.9. The van der Waals surface area contributed by atoms with Gasteiger partial charge in [0, 0.05) is 13.0 Å². The molecule has 1 N–H and O–H groups in total. The van der Waals surface area contributed by atoms with Crippen LogP contribution in [0.1, 0.15) is 24.1 Å². The van der Waals surface area contributed by atoms with Gasteiger partial charge >= 0.3 is 6.09 Å². The summed E-state index contributed by atoms with van der Waals surface area (Å²) in [7, 11) is 1.84. The Hall–Kier alpha value is -1.69. The quantitative estimate of drug-likeness (QED) is 0.885. The van der Waals surface area contributed by atoms with E-state index >= 15 is 0 Å². The molecule has 104 valence electrons. The van der Waals surface area contributed by atoms with Crippen molar-refractivity contribution in [2.24, 2.45) is 0 Å². The minimum absolute atomic E-state index is 0.123. The number of carbonyl (C=O) groups excluding carboxylic acids is 1. The van der Waals surface area contributed by atoms with Crippen LogP contribution in [0, 0.1) is 13.8 Å². The molecule has 1 amide bonds. The van der Waals surface area contributed by atoms with Crippen LogP contribution in [-0.2, 0) is 11.2 Å². The fourth-order valence-corrected chi connectivity index (χ4v) is 2.37. The van der Waals surface area contributed by atoms with E-state index < -0.39 is 0 Å². The lowest BCUT2D eigenvalue weighted by molar-refractivity contribution is 0.141. The highest BCUT2D eigenvalue weighted by molar-refractivity contribution is 5.91. The predicted octanol–water partition coefficient (Wildman–Crippen LogP) is 1.20. The molecule has 1 aromatic heterocycles. The average Bonchev–Trinajstić information content (AvgIpc) is 2.70. The topological polar surface area (TPSA) is 67.3 Å². The molecule has 0 radical (unpaired) electrons. The molecular formula is C13H20N4O2. The van der Waals surface area contributed by atoms with Crippen LogP contribution in [0.2, 0.25) is 0 Å². The van der Waals surface area contributed by atoms with Gasteiger partial charge in [0.25, 0.3) is 0 Å². The molecule has 1 saturated heterocycles. The number of amides is 1. The summed E-state index contributed by atoms with van der Waals surface area (Å²) < 4.78 is 5.30. The zero-order chi connectivity index (χ0) is 14.0. The molecule has 1 atom stereocenters. The fourth-order valence-electron chi connectivity index (χ4n) is 2.37. The number of anilines is 1. The molecule has 6 heteroatoms. The lowest BCUT2D eigenvalue weighted by Crippen LogP contribution is -2.30. The summed E-state index contributed by atoms with van der Waals surface area (Å²) in [4.78, 5) is 22.4. The van der Waals surface area contributed by atoms with Crippen LogP contribution >= 0.6 is 0 Å². The summed E-state index contributed by atoms with van der Waals surface area (Å²) in [6.45, 7) is 7.01. The number of aryl methyl sites for hydroxylation is 3. The van der Waals surface area contributed by atoms with Crippen LogP contribution in [0.3, 0.4) is 0 Å². The first-order valence-electron chi connectivity index (χ1n) is 6.53. The first-order valence-corrected chi connectivity index (χ1v) is 6.53. The zero-order valence-electron chi connectivity index (χ0n) is 11.9. The van der Waals surface area contributed by atoms with E-state index in [2.05, 4.69) is 15.3 Å². The van der Waals surface area contributed by atoms with Gasteiger partial charge in [0.1, 0.15) is 11.9 Å². The van der Waals surface area contributed by atoms with Gasteiger partial charge in [-0.15, -0.1) is 0 Å². The van der Waals surface area contributed by atoms with Gasteiger partial charge < -0.3 is 10.1 Å². The fraction of sp³-hybridized carbons (Fsp3) is 0.615. The molecule has 0 aliphatic carbocycles. The van der Waals surface area contributed by atoms with Crippen LogP contribution in [0.5, 0.6) is 0 Å². The molecule has 1 fully saturated rings. The Balaban J connectivity index is 2.30. The number of likely N-dealkylation sites (N-methyl/N-ethyl adjacent to an activating group) is 1.